The Morgan fingerprint density at radius 1 is 1.12 bits per heavy atom. The van der Waals surface area contributed by atoms with Crippen LogP contribution in [0.2, 0.25) is 0 Å². The average molecular weight is 454 g/mol. The predicted molar refractivity (Wildman–Crippen MR) is 115 cm³/mol. The fourth-order valence-corrected chi connectivity index (χ4v) is 5.99. The second-order valence-corrected chi connectivity index (χ2v) is 9.49. The van der Waals surface area contributed by atoms with Crippen molar-refractivity contribution in [3.63, 3.8) is 0 Å². The fraction of sp³-hybridized carbons (Fsp3) is 0.522. The lowest BCUT2D eigenvalue weighted by molar-refractivity contribution is -0.152. The highest BCUT2D eigenvalue weighted by Gasteiger charge is 2.53. The van der Waals surface area contributed by atoms with Gasteiger partial charge in [0.15, 0.2) is 0 Å². The maximum Gasteiger partial charge on any atom is 0.313 e. The van der Waals surface area contributed by atoms with Crippen molar-refractivity contribution in [1.29, 1.82) is 0 Å². The molecule has 5 rings (SSSR count). The van der Waals surface area contributed by atoms with Gasteiger partial charge in [-0.05, 0) is 49.3 Å². The summed E-state index contributed by atoms with van der Waals surface area (Å²) >= 11 is 0. The molecule has 1 saturated carbocycles. The molecule has 33 heavy (non-hydrogen) atoms. The summed E-state index contributed by atoms with van der Waals surface area (Å²) in [6.45, 7) is 1.71. The van der Waals surface area contributed by atoms with Gasteiger partial charge in [-0.3, -0.25) is 34.2 Å². The SMILES string of the molecule is COC(=O)C1(CN)CC2CN(c3ccc4c(c3)C(=O)N(C3CCC(=O)NC3=O)C4=O)CC2C1. The number of hydrogen-bond donors (Lipinski definition) is 2. The summed E-state index contributed by atoms with van der Waals surface area (Å²) in [5.41, 5.74) is 6.67. The van der Waals surface area contributed by atoms with Gasteiger partial charge >= 0.3 is 5.97 Å². The minimum absolute atomic E-state index is 0.0848. The third-order valence-electron chi connectivity index (χ3n) is 7.68. The van der Waals surface area contributed by atoms with Crippen molar-refractivity contribution in [2.45, 2.75) is 31.7 Å². The summed E-state index contributed by atoms with van der Waals surface area (Å²) in [6.07, 6.45) is 1.55. The zero-order valence-electron chi connectivity index (χ0n) is 18.3. The number of ether oxygens (including phenoxy) is 1. The van der Waals surface area contributed by atoms with Crippen molar-refractivity contribution < 1.29 is 28.7 Å². The summed E-state index contributed by atoms with van der Waals surface area (Å²) in [6, 6.07) is 4.17. The number of nitrogens with one attached hydrogen (secondary N) is 1. The van der Waals surface area contributed by atoms with Gasteiger partial charge in [-0.15, -0.1) is 0 Å². The lowest BCUT2D eigenvalue weighted by Gasteiger charge is -2.28. The number of rotatable bonds is 4. The number of esters is 1. The van der Waals surface area contributed by atoms with E-state index in [2.05, 4.69) is 10.2 Å². The molecule has 0 radical (unpaired) electrons. The lowest BCUT2D eigenvalue weighted by Crippen LogP contribution is -2.54. The minimum Gasteiger partial charge on any atom is -0.469 e. The van der Waals surface area contributed by atoms with E-state index in [-0.39, 0.29) is 36.5 Å². The van der Waals surface area contributed by atoms with Crippen LogP contribution in [-0.2, 0) is 19.1 Å². The number of anilines is 1. The number of nitrogens with zero attached hydrogens (tertiary/aromatic N) is 2. The maximum atomic E-state index is 13.1. The van der Waals surface area contributed by atoms with Crippen LogP contribution in [0.1, 0.15) is 46.4 Å². The standard InChI is InChI=1S/C23H26N4O6/c1-33-22(32)23(11-24)7-12-9-26(10-13(12)8-23)14-2-3-15-16(6-14)21(31)27(20(15)30)17-4-5-18(28)25-19(17)29/h2-3,6,12-13,17H,4-5,7-11,24H2,1H3,(H,25,28,29). The Kier molecular flexibility index (Phi) is 5.00. The maximum absolute atomic E-state index is 13.1. The number of piperidine rings is 1. The molecule has 4 amide bonds. The first-order chi connectivity index (χ1) is 15.8. The number of carbonyl (C=O) groups excluding carboxylic acids is 5. The molecule has 0 aromatic heterocycles. The molecular weight excluding hydrogens is 428 g/mol. The molecule has 3 N–H and O–H groups in total. The molecular formula is C23H26N4O6. The van der Waals surface area contributed by atoms with Crippen LogP contribution in [0.5, 0.6) is 0 Å². The molecule has 3 unspecified atom stereocenters. The number of carbonyl (C=O) groups is 5. The van der Waals surface area contributed by atoms with Gasteiger partial charge < -0.3 is 15.4 Å². The van der Waals surface area contributed by atoms with Crippen molar-refractivity contribution in [2.75, 3.05) is 31.6 Å². The number of hydrogen-bond acceptors (Lipinski definition) is 8. The van der Waals surface area contributed by atoms with Gasteiger partial charge in [0.25, 0.3) is 11.8 Å². The highest BCUT2D eigenvalue weighted by Crippen LogP contribution is 2.50. The van der Waals surface area contributed by atoms with Gasteiger partial charge in [0.1, 0.15) is 6.04 Å². The molecule has 0 spiro atoms. The van der Waals surface area contributed by atoms with Gasteiger partial charge in [-0.25, -0.2) is 0 Å². The number of methoxy groups -OCH3 is 1. The van der Waals surface area contributed by atoms with E-state index in [0.29, 0.717) is 24.7 Å². The molecule has 4 aliphatic rings. The smallest absolute Gasteiger partial charge is 0.313 e. The number of amides is 4. The molecule has 1 aliphatic carbocycles. The summed E-state index contributed by atoms with van der Waals surface area (Å²) in [4.78, 5) is 65.1. The topological polar surface area (TPSA) is 139 Å². The van der Waals surface area contributed by atoms with Crippen molar-refractivity contribution in [2.24, 2.45) is 23.0 Å². The number of imide groups is 2. The monoisotopic (exact) mass is 454 g/mol. The first-order valence-electron chi connectivity index (χ1n) is 11.2. The summed E-state index contributed by atoms with van der Waals surface area (Å²) in [7, 11) is 1.39. The average Bonchev–Trinajstić information content (AvgIpc) is 3.43. The Balaban J connectivity index is 1.34. The van der Waals surface area contributed by atoms with Crippen LogP contribution in [0.4, 0.5) is 5.69 Å². The van der Waals surface area contributed by atoms with Crippen LogP contribution in [0, 0.1) is 17.3 Å². The second-order valence-electron chi connectivity index (χ2n) is 9.49. The zero-order valence-corrected chi connectivity index (χ0v) is 18.3. The van der Waals surface area contributed by atoms with Crippen LogP contribution in [0.25, 0.3) is 0 Å². The molecule has 3 atom stereocenters. The Morgan fingerprint density at radius 3 is 2.39 bits per heavy atom. The zero-order chi connectivity index (χ0) is 23.5. The molecule has 3 fully saturated rings. The number of benzene rings is 1. The quantitative estimate of drug-likeness (QED) is 0.481. The van der Waals surface area contributed by atoms with Crippen molar-refractivity contribution in [1.82, 2.24) is 10.2 Å². The first-order valence-corrected chi connectivity index (χ1v) is 11.2. The van der Waals surface area contributed by atoms with Crippen molar-refractivity contribution >= 4 is 35.3 Å². The molecule has 0 bridgehead atoms. The van der Waals surface area contributed by atoms with Gasteiger partial charge in [0.05, 0.1) is 23.7 Å². The minimum atomic E-state index is -0.979. The molecule has 2 saturated heterocycles. The molecule has 3 heterocycles. The van der Waals surface area contributed by atoms with E-state index in [9.17, 15) is 24.0 Å². The van der Waals surface area contributed by atoms with E-state index < -0.39 is 35.1 Å². The van der Waals surface area contributed by atoms with Crippen LogP contribution < -0.4 is 16.0 Å². The van der Waals surface area contributed by atoms with E-state index in [1.165, 1.54) is 7.11 Å². The van der Waals surface area contributed by atoms with Crippen LogP contribution in [0.15, 0.2) is 18.2 Å². The summed E-state index contributed by atoms with van der Waals surface area (Å²) in [5, 5.41) is 2.20. The van der Waals surface area contributed by atoms with Crippen molar-refractivity contribution in [3.05, 3.63) is 29.3 Å². The number of fused-ring (bicyclic) bond motifs is 2. The third-order valence-corrected chi connectivity index (χ3v) is 7.68. The van der Waals surface area contributed by atoms with Gasteiger partial charge in [-0.2, -0.15) is 0 Å². The Morgan fingerprint density at radius 2 is 1.79 bits per heavy atom. The highest BCUT2D eigenvalue weighted by atomic mass is 16.5. The Bertz CT molecular complexity index is 1070. The van der Waals surface area contributed by atoms with Gasteiger partial charge in [-0.1, -0.05) is 0 Å². The molecule has 174 valence electrons. The van der Waals surface area contributed by atoms with Crippen molar-refractivity contribution in [3.8, 4) is 0 Å². The Hall–Kier alpha value is -3.27. The van der Waals surface area contributed by atoms with E-state index >= 15 is 0 Å². The van der Waals surface area contributed by atoms with E-state index in [1.54, 1.807) is 12.1 Å². The second kappa shape index (κ2) is 7.65. The molecule has 3 aliphatic heterocycles. The van der Waals surface area contributed by atoms with E-state index in [4.69, 9.17) is 10.5 Å². The molecule has 10 nitrogen and oxygen atoms in total. The molecule has 10 heteroatoms. The molecule has 1 aromatic rings. The van der Waals surface area contributed by atoms with Crippen LogP contribution in [-0.4, -0.2) is 67.3 Å². The van der Waals surface area contributed by atoms with E-state index in [1.807, 2.05) is 6.07 Å². The lowest BCUT2D eigenvalue weighted by atomic mass is 9.84. The summed E-state index contributed by atoms with van der Waals surface area (Å²) in [5.74, 6) is -1.72. The number of nitrogens with two attached hydrogens (primary N) is 1. The Labute approximate surface area is 190 Å². The van der Waals surface area contributed by atoms with E-state index in [0.717, 1.165) is 23.7 Å². The largest absolute Gasteiger partial charge is 0.469 e. The first kappa shape index (κ1) is 21.6. The van der Waals surface area contributed by atoms with Gasteiger partial charge in [0, 0.05) is 31.7 Å². The van der Waals surface area contributed by atoms with Crippen LogP contribution in [0.3, 0.4) is 0 Å². The summed E-state index contributed by atoms with van der Waals surface area (Å²) < 4.78 is 5.00. The highest BCUT2D eigenvalue weighted by molar-refractivity contribution is 6.23. The normalized spacial score (nSPS) is 31.0. The molecule has 1 aromatic carbocycles. The predicted octanol–water partition coefficient (Wildman–Crippen LogP) is 0.0521. The third kappa shape index (κ3) is 3.23. The fourth-order valence-electron chi connectivity index (χ4n) is 5.99. The van der Waals surface area contributed by atoms with Crippen LogP contribution >= 0.6 is 0 Å². The van der Waals surface area contributed by atoms with Gasteiger partial charge in [0.2, 0.25) is 11.8 Å².